The lowest BCUT2D eigenvalue weighted by molar-refractivity contribution is 0.415. The smallest absolute Gasteiger partial charge is 0.120 e. The van der Waals surface area contributed by atoms with Crippen molar-refractivity contribution in [2.75, 3.05) is 19.0 Å². The summed E-state index contributed by atoms with van der Waals surface area (Å²) in [5.74, 6) is 0.779. The first kappa shape index (κ1) is 9.20. The minimum Gasteiger partial charge on any atom is -0.497 e. The van der Waals surface area contributed by atoms with E-state index in [-0.39, 0.29) is 0 Å². The Labute approximate surface area is 77.5 Å². The minimum absolute atomic E-state index is 0.691. The molecule has 2 nitrogen and oxygen atoms in total. The second-order valence-corrected chi connectivity index (χ2v) is 2.78. The quantitative estimate of drug-likeness (QED) is 0.782. The van der Waals surface area contributed by atoms with E-state index in [1.54, 1.807) is 13.2 Å². The Hall–Kier alpha value is -0.890. The Kier molecular flexibility index (Phi) is 3.23. The van der Waals surface area contributed by atoms with Gasteiger partial charge in [-0.05, 0) is 19.1 Å². The lowest BCUT2D eigenvalue weighted by atomic mass is 10.3. The van der Waals surface area contributed by atoms with Gasteiger partial charge in [0.25, 0.3) is 0 Å². The fraction of sp³-hybridized carbons (Fsp3) is 0.333. The van der Waals surface area contributed by atoms with Gasteiger partial charge in [-0.15, -0.1) is 0 Å². The highest BCUT2D eigenvalue weighted by atomic mass is 35.5. The molecule has 0 aliphatic carbocycles. The lowest BCUT2D eigenvalue weighted by Crippen LogP contribution is -1.96. The molecule has 0 atom stereocenters. The summed E-state index contributed by atoms with van der Waals surface area (Å²) in [4.78, 5) is 0. The number of ether oxygens (including phenoxy) is 1. The number of rotatable bonds is 3. The summed E-state index contributed by atoms with van der Waals surface area (Å²) in [6, 6.07) is 5.58. The van der Waals surface area contributed by atoms with Crippen LogP contribution in [-0.2, 0) is 0 Å². The average Bonchev–Trinajstić information content (AvgIpc) is 2.09. The third kappa shape index (κ3) is 2.05. The van der Waals surface area contributed by atoms with E-state index in [2.05, 4.69) is 5.32 Å². The van der Waals surface area contributed by atoms with Crippen LogP contribution in [0, 0.1) is 0 Å². The van der Waals surface area contributed by atoms with Gasteiger partial charge >= 0.3 is 0 Å². The zero-order chi connectivity index (χ0) is 8.97. The molecule has 0 saturated carbocycles. The van der Waals surface area contributed by atoms with E-state index >= 15 is 0 Å². The second-order valence-electron chi connectivity index (χ2n) is 2.38. The zero-order valence-electron chi connectivity index (χ0n) is 7.23. The molecule has 0 saturated heterocycles. The van der Waals surface area contributed by atoms with Gasteiger partial charge in [-0.3, -0.25) is 0 Å². The first-order chi connectivity index (χ1) is 5.77. The van der Waals surface area contributed by atoms with Gasteiger partial charge in [0, 0.05) is 12.6 Å². The molecule has 0 aliphatic heterocycles. The number of hydrogen-bond acceptors (Lipinski definition) is 2. The van der Waals surface area contributed by atoms with Crippen LogP contribution in [0.1, 0.15) is 6.92 Å². The Morgan fingerprint density at radius 3 is 2.75 bits per heavy atom. The van der Waals surface area contributed by atoms with Crippen LogP contribution in [0.15, 0.2) is 18.2 Å². The van der Waals surface area contributed by atoms with E-state index in [1.165, 1.54) is 0 Å². The van der Waals surface area contributed by atoms with Gasteiger partial charge in [0.1, 0.15) is 5.75 Å². The summed E-state index contributed by atoms with van der Waals surface area (Å²) >= 11 is 5.94. The molecule has 66 valence electrons. The number of halogens is 1. The van der Waals surface area contributed by atoms with Gasteiger partial charge in [-0.25, -0.2) is 0 Å². The van der Waals surface area contributed by atoms with Crippen LogP contribution in [0.4, 0.5) is 5.69 Å². The normalized spacial score (nSPS) is 9.58. The number of benzene rings is 1. The van der Waals surface area contributed by atoms with Gasteiger partial charge in [-0.2, -0.15) is 0 Å². The maximum absolute atomic E-state index is 5.94. The average molecular weight is 186 g/mol. The molecule has 3 heteroatoms. The van der Waals surface area contributed by atoms with Crippen molar-refractivity contribution < 1.29 is 4.74 Å². The molecule has 1 aromatic rings. The topological polar surface area (TPSA) is 21.3 Å². The van der Waals surface area contributed by atoms with E-state index < -0.39 is 0 Å². The summed E-state index contributed by atoms with van der Waals surface area (Å²) in [5.41, 5.74) is 0.944. The van der Waals surface area contributed by atoms with E-state index in [0.717, 1.165) is 18.0 Å². The first-order valence-electron chi connectivity index (χ1n) is 3.85. The molecule has 0 unspecified atom stereocenters. The van der Waals surface area contributed by atoms with Crippen molar-refractivity contribution >= 4 is 17.3 Å². The SMILES string of the molecule is CCNc1ccc(OC)cc1Cl. The Morgan fingerprint density at radius 2 is 2.25 bits per heavy atom. The van der Waals surface area contributed by atoms with Gasteiger partial charge < -0.3 is 10.1 Å². The van der Waals surface area contributed by atoms with Gasteiger partial charge in [0.15, 0.2) is 0 Å². The van der Waals surface area contributed by atoms with Crippen molar-refractivity contribution in [3.8, 4) is 5.75 Å². The molecule has 0 spiro atoms. The summed E-state index contributed by atoms with van der Waals surface area (Å²) in [6.45, 7) is 2.90. The Balaban J connectivity index is 2.87. The van der Waals surface area contributed by atoms with Crippen molar-refractivity contribution in [3.63, 3.8) is 0 Å². The molecule has 0 aromatic heterocycles. The molecule has 0 fully saturated rings. The molecule has 0 radical (unpaired) electrons. The molecule has 0 heterocycles. The molecule has 12 heavy (non-hydrogen) atoms. The Bertz CT molecular complexity index is 263. The molecular formula is C9H12ClNO. The van der Waals surface area contributed by atoms with Crippen LogP contribution in [0.5, 0.6) is 5.75 Å². The Morgan fingerprint density at radius 1 is 1.50 bits per heavy atom. The second kappa shape index (κ2) is 4.21. The molecule has 1 rings (SSSR count). The predicted molar refractivity (Wildman–Crippen MR) is 52.2 cm³/mol. The molecule has 1 aromatic carbocycles. The number of hydrogen-bond donors (Lipinski definition) is 1. The third-order valence-electron chi connectivity index (χ3n) is 1.54. The van der Waals surface area contributed by atoms with Gasteiger partial charge in [0.2, 0.25) is 0 Å². The molecule has 1 N–H and O–H groups in total. The van der Waals surface area contributed by atoms with Crippen molar-refractivity contribution in [1.82, 2.24) is 0 Å². The van der Waals surface area contributed by atoms with E-state index in [9.17, 15) is 0 Å². The third-order valence-corrected chi connectivity index (χ3v) is 1.86. The summed E-state index contributed by atoms with van der Waals surface area (Å²) in [7, 11) is 1.62. The molecule has 0 amide bonds. The van der Waals surface area contributed by atoms with E-state index in [1.807, 2.05) is 19.1 Å². The largest absolute Gasteiger partial charge is 0.497 e. The van der Waals surface area contributed by atoms with Crippen LogP contribution in [0.25, 0.3) is 0 Å². The maximum atomic E-state index is 5.94. The highest BCUT2D eigenvalue weighted by Crippen LogP contribution is 2.26. The standard InChI is InChI=1S/C9H12ClNO/c1-3-11-9-5-4-7(12-2)6-8(9)10/h4-6,11H,3H2,1-2H3. The van der Waals surface area contributed by atoms with E-state index in [4.69, 9.17) is 16.3 Å². The fourth-order valence-electron chi connectivity index (χ4n) is 0.957. The zero-order valence-corrected chi connectivity index (χ0v) is 7.98. The van der Waals surface area contributed by atoms with Gasteiger partial charge in [-0.1, -0.05) is 11.6 Å². The fourth-order valence-corrected chi connectivity index (χ4v) is 1.19. The number of methoxy groups -OCH3 is 1. The van der Waals surface area contributed by atoms with Gasteiger partial charge in [0.05, 0.1) is 17.8 Å². The summed E-state index contributed by atoms with van der Waals surface area (Å²) < 4.78 is 5.02. The number of anilines is 1. The molecular weight excluding hydrogens is 174 g/mol. The highest BCUT2D eigenvalue weighted by Gasteiger charge is 1.99. The maximum Gasteiger partial charge on any atom is 0.120 e. The van der Waals surface area contributed by atoms with Crippen LogP contribution < -0.4 is 10.1 Å². The minimum atomic E-state index is 0.691. The predicted octanol–water partition coefficient (Wildman–Crippen LogP) is 2.78. The van der Waals surface area contributed by atoms with Crippen molar-refractivity contribution in [2.24, 2.45) is 0 Å². The monoisotopic (exact) mass is 185 g/mol. The molecule has 0 bridgehead atoms. The van der Waals surface area contributed by atoms with Crippen molar-refractivity contribution in [1.29, 1.82) is 0 Å². The first-order valence-corrected chi connectivity index (χ1v) is 4.23. The lowest BCUT2D eigenvalue weighted by Gasteiger charge is -2.06. The number of nitrogens with one attached hydrogen (secondary N) is 1. The summed E-state index contributed by atoms with van der Waals surface area (Å²) in [6.07, 6.45) is 0. The molecule has 0 aliphatic rings. The van der Waals surface area contributed by atoms with Crippen LogP contribution in [0.2, 0.25) is 5.02 Å². The highest BCUT2D eigenvalue weighted by molar-refractivity contribution is 6.33. The summed E-state index contributed by atoms with van der Waals surface area (Å²) in [5, 5.41) is 3.83. The van der Waals surface area contributed by atoms with Crippen molar-refractivity contribution in [2.45, 2.75) is 6.92 Å². The van der Waals surface area contributed by atoms with Crippen molar-refractivity contribution in [3.05, 3.63) is 23.2 Å². The van der Waals surface area contributed by atoms with Crippen LogP contribution in [0.3, 0.4) is 0 Å². The van der Waals surface area contributed by atoms with E-state index in [0.29, 0.717) is 5.02 Å². The van der Waals surface area contributed by atoms with Crippen LogP contribution >= 0.6 is 11.6 Å². The van der Waals surface area contributed by atoms with Crippen LogP contribution in [-0.4, -0.2) is 13.7 Å².